The molecule has 1 aromatic heterocycles. The van der Waals surface area contributed by atoms with E-state index in [-0.39, 0.29) is 24.0 Å². The predicted molar refractivity (Wildman–Crippen MR) is 73.2 cm³/mol. The molecule has 0 spiro atoms. The lowest BCUT2D eigenvalue weighted by atomic mass is 9.56. The molecule has 1 aliphatic rings. The van der Waals surface area contributed by atoms with Gasteiger partial charge < -0.3 is 15.2 Å². The molecule has 106 valence electrons. The first-order chi connectivity index (χ1) is 8.90. The first-order valence-corrected chi connectivity index (χ1v) is 7.35. The first-order valence-electron chi connectivity index (χ1n) is 6.41. The molecule has 0 aliphatic heterocycles. The molecule has 1 heterocycles. The molecule has 2 atom stereocenters. The van der Waals surface area contributed by atoms with Crippen LogP contribution in [0.25, 0.3) is 0 Å². The third-order valence-electron chi connectivity index (χ3n) is 4.10. The molecule has 2 rings (SSSR count). The topological polar surface area (TPSA) is 71.5 Å². The van der Waals surface area contributed by atoms with Crippen molar-refractivity contribution < 1.29 is 14.6 Å². The lowest BCUT2D eigenvalue weighted by Gasteiger charge is -2.57. The van der Waals surface area contributed by atoms with Crippen LogP contribution in [-0.2, 0) is 4.74 Å². The molecule has 1 amide bonds. The number of hydrogen-bond donors (Lipinski definition) is 2. The van der Waals surface area contributed by atoms with Crippen LogP contribution in [0.1, 0.15) is 37.7 Å². The maximum absolute atomic E-state index is 11.8. The molecule has 0 aromatic carbocycles. The summed E-state index contributed by atoms with van der Waals surface area (Å²) in [5, 5.41) is 15.0. The van der Waals surface area contributed by atoms with Crippen molar-refractivity contribution >= 4 is 17.2 Å². The minimum atomic E-state index is -0.918. The fourth-order valence-corrected chi connectivity index (χ4v) is 2.94. The van der Waals surface area contributed by atoms with Gasteiger partial charge in [-0.3, -0.25) is 4.79 Å². The number of aromatic nitrogens is 1. The van der Waals surface area contributed by atoms with Crippen molar-refractivity contribution in [2.45, 2.75) is 38.9 Å². The van der Waals surface area contributed by atoms with Crippen LogP contribution in [0.15, 0.2) is 10.9 Å². The monoisotopic (exact) mass is 284 g/mol. The number of amides is 1. The maximum atomic E-state index is 11.8. The van der Waals surface area contributed by atoms with E-state index in [2.05, 4.69) is 10.3 Å². The molecule has 1 saturated carbocycles. The Morgan fingerprint density at radius 3 is 2.95 bits per heavy atom. The molecule has 6 heteroatoms. The van der Waals surface area contributed by atoms with Crippen LogP contribution in [0.5, 0.6) is 0 Å². The number of carbonyl (C=O) groups is 1. The average Bonchev–Trinajstić information content (AvgIpc) is 2.89. The van der Waals surface area contributed by atoms with Crippen molar-refractivity contribution in [3.63, 3.8) is 0 Å². The number of ether oxygens (including phenoxy) is 1. The molecule has 19 heavy (non-hydrogen) atoms. The quantitative estimate of drug-likeness (QED) is 0.858. The SMILES string of the molecule is CCOC1CC(O)(CNC(=O)c2cscn2)C1(C)C. The van der Waals surface area contributed by atoms with Crippen LogP contribution in [0.2, 0.25) is 0 Å². The van der Waals surface area contributed by atoms with E-state index < -0.39 is 5.60 Å². The van der Waals surface area contributed by atoms with Crippen LogP contribution in [0.3, 0.4) is 0 Å². The Balaban J connectivity index is 1.91. The van der Waals surface area contributed by atoms with Gasteiger partial charge >= 0.3 is 0 Å². The molecule has 1 fully saturated rings. The van der Waals surface area contributed by atoms with Gasteiger partial charge in [0.05, 0.1) is 17.2 Å². The van der Waals surface area contributed by atoms with Crippen molar-refractivity contribution in [3.8, 4) is 0 Å². The van der Waals surface area contributed by atoms with E-state index in [1.54, 1.807) is 10.9 Å². The van der Waals surface area contributed by atoms with E-state index in [1.165, 1.54) is 11.3 Å². The van der Waals surface area contributed by atoms with E-state index in [0.29, 0.717) is 18.7 Å². The molecule has 2 N–H and O–H groups in total. The summed E-state index contributed by atoms with van der Waals surface area (Å²) in [5.41, 5.74) is 0.728. The third-order valence-corrected chi connectivity index (χ3v) is 4.69. The predicted octanol–water partition coefficient (Wildman–Crippen LogP) is 1.44. The van der Waals surface area contributed by atoms with Crippen LogP contribution < -0.4 is 5.32 Å². The molecule has 5 nitrogen and oxygen atoms in total. The largest absolute Gasteiger partial charge is 0.387 e. The molecule has 0 bridgehead atoms. The second-order valence-corrected chi connectivity index (χ2v) is 6.18. The van der Waals surface area contributed by atoms with Gasteiger partial charge in [-0.2, -0.15) is 0 Å². The number of carbonyl (C=O) groups excluding carboxylic acids is 1. The number of thiazole rings is 1. The molecule has 1 aromatic rings. The highest BCUT2D eigenvalue weighted by molar-refractivity contribution is 7.07. The lowest BCUT2D eigenvalue weighted by Crippen LogP contribution is -2.68. The minimum Gasteiger partial charge on any atom is -0.387 e. The molecule has 0 radical (unpaired) electrons. The zero-order valence-corrected chi connectivity index (χ0v) is 12.3. The standard InChI is InChI=1S/C13H20N2O3S/c1-4-18-10-5-13(17,12(10,2)3)7-14-11(16)9-6-19-8-15-9/h6,8,10,17H,4-5,7H2,1-3H3,(H,14,16). The second-order valence-electron chi connectivity index (χ2n) is 5.46. The van der Waals surface area contributed by atoms with Gasteiger partial charge in [0.15, 0.2) is 0 Å². The minimum absolute atomic E-state index is 0.0404. The molecule has 1 aliphatic carbocycles. The fourth-order valence-electron chi connectivity index (χ4n) is 2.40. The highest BCUT2D eigenvalue weighted by atomic mass is 32.1. The van der Waals surface area contributed by atoms with Crippen molar-refractivity contribution in [2.75, 3.05) is 13.2 Å². The molecular weight excluding hydrogens is 264 g/mol. The fraction of sp³-hybridized carbons (Fsp3) is 0.692. The molecule has 2 unspecified atom stereocenters. The Kier molecular flexibility index (Phi) is 3.94. The zero-order chi connectivity index (χ0) is 14.1. The normalized spacial score (nSPS) is 28.7. The van der Waals surface area contributed by atoms with Gasteiger partial charge in [0.25, 0.3) is 5.91 Å². The summed E-state index contributed by atoms with van der Waals surface area (Å²) in [4.78, 5) is 15.7. The summed E-state index contributed by atoms with van der Waals surface area (Å²) in [6.45, 7) is 6.73. The van der Waals surface area contributed by atoms with Crippen molar-refractivity contribution in [1.82, 2.24) is 10.3 Å². The summed E-state index contributed by atoms with van der Waals surface area (Å²) in [7, 11) is 0. The summed E-state index contributed by atoms with van der Waals surface area (Å²) < 4.78 is 5.58. The Bertz CT molecular complexity index is 447. The highest BCUT2D eigenvalue weighted by Crippen LogP contribution is 2.50. The first kappa shape index (κ1) is 14.4. The lowest BCUT2D eigenvalue weighted by molar-refractivity contribution is -0.237. The number of nitrogens with zero attached hydrogens (tertiary/aromatic N) is 1. The van der Waals surface area contributed by atoms with E-state index >= 15 is 0 Å². The van der Waals surface area contributed by atoms with Crippen LogP contribution in [0.4, 0.5) is 0 Å². The second kappa shape index (κ2) is 5.19. The Labute approximate surface area is 117 Å². The number of aliphatic hydroxyl groups is 1. The van der Waals surface area contributed by atoms with Crippen LogP contribution in [-0.4, -0.2) is 40.9 Å². The van der Waals surface area contributed by atoms with Gasteiger partial charge in [-0.1, -0.05) is 13.8 Å². The van der Waals surface area contributed by atoms with Gasteiger partial charge in [-0.25, -0.2) is 4.98 Å². The Morgan fingerprint density at radius 2 is 2.42 bits per heavy atom. The van der Waals surface area contributed by atoms with E-state index in [9.17, 15) is 9.90 Å². The van der Waals surface area contributed by atoms with Crippen molar-refractivity contribution in [1.29, 1.82) is 0 Å². The van der Waals surface area contributed by atoms with Crippen molar-refractivity contribution in [3.05, 3.63) is 16.6 Å². The van der Waals surface area contributed by atoms with Gasteiger partial charge in [-0.05, 0) is 6.92 Å². The molecular formula is C13H20N2O3S. The average molecular weight is 284 g/mol. The number of hydrogen-bond acceptors (Lipinski definition) is 5. The van der Waals surface area contributed by atoms with Crippen LogP contribution >= 0.6 is 11.3 Å². The van der Waals surface area contributed by atoms with Crippen LogP contribution in [0, 0.1) is 5.41 Å². The Hall–Kier alpha value is -0.980. The van der Waals surface area contributed by atoms with E-state index in [1.807, 2.05) is 20.8 Å². The molecule has 0 saturated heterocycles. The van der Waals surface area contributed by atoms with Crippen molar-refractivity contribution in [2.24, 2.45) is 5.41 Å². The third kappa shape index (κ3) is 2.52. The van der Waals surface area contributed by atoms with E-state index in [0.717, 1.165) is 0 Å². The summed E-state index contributed by atoms with van der Waals surface area (Å²) >= 11 is 1.37. The van der Waals surface area contributed by atoms with E-state index in [4.69, 9.17) is 4.74 Å². The summed E-state index contributed by atoms with van der Waals surface area (Å²) in [6.07, 6.45) is 0.587. The van der Waals surface area contributed by atoms with Gasteiger partial charge in [0.1, 0.15) is 5.69 Å². The summed E-state index contributed by atoms with van der Waals surface area (Å²) in [6, 6.07) is 0. The number of nitrogens with one attached hydrogen (secondary N) is 1. The zero-order valence-electron chi connectivity index (χ0n) is 11.5. The maximum Gasteiger partial charge on any atom is 0.270 e. The number of rotatable bonds is 5. The van der Waals surface area contributed by atoms with Gasteiger partial charge in [0, 0.05) is 30.4 Å². The van der Waals surface area contributed by atoms with Gasteiger partial charge in [-0.15, -0.1) is 11.3 Å². The Morgan fingerprint density at radius 1 is 1.68 bits per heavy atom. The smallest absolute Gasteiger partial charge is 0.270 e. The highest BCUT2D eigenvalue weighted by Gasteiger charge is 2.59. The summed E-state index contributed by atoms with van der Waals surface area (Å²) in [5.74, 6) is -0.245. The van der Waals surface area contributed by atoms with Gasteiger partial charge in [0.2, 0.25) is 0 Å².